The molecule has 1 aromatic heterocycles. The molecule has 1 aromatic carbocycles. The standard InChI is InChI=1S/C20H25NO2/c1-14(2)19(16-8-6-15(3)7-9-16)20(22)21-11-10-17(13-21)18-5-4-12-23-18/h4-9,12,14,17,19H,10-11,13H2,1-3H3. The molecule has 1 aliphatic heterocycles. The molecule has 122 valence electrons. The van der Waals surface area contributed by atoms with E-state index in [2.05, 4.69) is 45.0 Å². The van der Waals surface area contributed by atoms with Gasteiger partial charge in [-0.2, -0.15) is 0 Å². The van der Waals surface area contributed by atoms with Crippen molar-refractivity contribution in [2.45, 2.75) is 39.0 Å². The van der Waals surface area contributed by atoms with Crippen LogP contribution in [0.15, 0.2) is 47.1 Å². The number of benzene rings is 1. The van der Waals surface area contributed by atoms with Gasteiger partial charge in [0.1, 0.15) is 5.76 Å². The van der Waals surface area contributed by atoms with Crippen LogP contribution in [0.25, 0.3) is 0 Å². The summed E-state index contributed by atoms with van der Waals surface area (Å²) in [5, 5.41) is 0. The summed E-state index contributed by atoms with van der Waals surface area (Å²) < 4.78 is 5.51. The van der Waals surface area contributed by atoms with Crippen LogP contribution in [-0.4, -0.2) is 23.9 Å². The molecule has 0 N–H and O–H groups in total. The minimum absolute atomic E-state index is 0.0639. The van der Waals surface area contributed by atoms with Gasteiger partial charge in [0.25, 0.3) is 0 Å². The first kappa shape index (κ1) is 15.9. The maximum Gasteiger partial charge on any atom is 0.230 e. The van der Waals surface area contributed by atoms with Gasteiger partial charge >= 0.3 is 0 Å². The van der Waals surface area contributed by atoms with Crippen molar-refractivity contribution in [1.29, 1.82) is 0 Å². The highest BCUT2D eigenvalue weighted by Crippen LogP contribution is 2.32. The smallest absolute Gasteiger partial charge is 0.230 e. The number of hydrogen-bond donors (Lipinski definition) is 0. The Morgan fingerprint density at radius 2 is 1.96 bits per heavy atom. The SMILES string of the molecule is Cc1ccc(C(C(=O)N2CCC(c3ccco3)C2)C(C)C)cc1. The predicted molar refractivity (Wildman–Crippen MR) is 91.4 cm³/mol. The lowest BCUT2D eigenvalue weighted by molar-refractivity contribution is -0.132. The van der Waals surface area contributed by atoms with E-state index in [1.807, 2.05) is 17.0 Å². The first-order valence-corrected chi connectivity index (χ1v) is 8.45. The summed E-state index contributed by atoms with van der Waals surface area (Å²) >= 11 is 0. The molecule has 2 unspecified atom stereocenters. The Morgan fingerprint density at radius 3 is 2.57 bits per heavy atom. The van der Waals surface area contributed by atoms with Gasteiger partial charge in [-0.3, -0.25) is 4.79 Å². The maximum absolute atomic E-state index is 13.1. The van der Waals surface area contributed by atoms with E-state index in [4.69, 9.17) is 4.42 Å². The minimum atomic E-state index is -0.0639. The highest BCUT2D eigenvalue weighted by atomic mass is 16.3. The monoisotopic (exact) mass is 311 g/mol. The molecule has 3 rings (SSSR count). The van der Waals surface area contributed by atoms with Crippen LogP contribution in [0.2, 0.25) is 0 Å². The lowest BCUT2D eigenvalue weighted by Gasteiger charge is -2.26. The molecule has 1 saturated heterocycles. The molecule has 1 fully saturated rings. The van der Waals surface area contributed by atoms with Crippen LogP contribution in [0.5, 0.6) is 0 Å². The maximum atomic E-state index is 13.1. The van der Waals surface area contributed by atoms with Crippen molar-refractivity contribution in [2.24, 2.45) is 5.92 Å². The summed E-state index contributed by atoms with van der Waals surface area (Å²) in [6.07, 6.45) is 2.70. The Balaban J connectivity index is 1.76. The highest BCUT2D eigenvalue weighted by molar-refractivity contribution is 5.84. The molecule has 0 saturated carbocycles. The number of aryl methyl sites for hydroxylation is 1. The van der Waals surface area contributed by atoms with Gasteiger partial charge in [0.15, 0.2) is 0 Å². The molecule has 0 spiro atoms. The first-order chi connectivity index (χ1) is 11.1. The Labute approximate surface area is 138 Å². The molecule has 2 atom stereocenters. The van der Waals surface area contributed by atoms with E-state index in [0.717, 1.165) is 30.8 Å². The van der Waals surface area contributed by atoms with Crippen molar-refractivity contribution in [2.75, 3.05) is 13.1 Å². The average Bonchev–Trinajstić information content (AvgIpc) is 3.20. The zero-order valence-electron chi connectivity index (χ0n) is 14.2. The Morgan fingerprint density at radius 1 is 1.22 bits per heavy atom. The van der Waals surface area contributed by atoms with Crippen LogP contribution in [-0.2, 0) is 4.79 Å². The van der Waals surface area contributed by atoms with E-state index in [0.29, 0.717) is 5.92 Å². The number of nitrogens with zero attached hydrogens (tertiary/aromatic N) is 1. The molecule has 3 heteroatoms. The number of rotatable bonds is 4. The molecular formula is C20H25NO2. The normalized spacial score (nSPS) is 19.3. The van der Waals surface area contributed by atoms with Crippen LogP contribution in [0.3, 0.4) is 0 Å². The quantitative estimate of drug-likeness (QED) is 0.841. The van der Waals surface area contributed by atoms with Gasteiger partial charge in [0.05, 0.1) is 12.2 Å². The van der Waals surface area contributed by atoms with Gasteiger partial charge in [-0.05, 0) is 37.0 Å². The van der Waals surface area contributed by atoms with E-state index in [-0.39, 0.29) is 17.7 Å². The molecule has 0 aliphatic carbocycles. The number of amides is 1. The molecule has 0 bridgehead atoms. The van der Waals surface area contributed by atoms with E-state index in [9.17, 15) is 4.79 Å². The minimum Gasteiger partial charge on any atom is -0.469 e. The van der Waals surface area contributed by atoms with Crippen molar-refractivity contribution in [3.05, 3.63) is 59.5 Å². The third-order valence-electron chi connectivity index (χ3n) is 4.81. The van der Waals surface area contributed by atoms with E-state index in [1.165, 1.54) is 5.56 Å². The highest BCUT2D eigenvalue weighted by Gasteiger charge is 2.34. The molecule has 2 aromatic rings. The van der Waals surface area contributed by atoms with Crippen LogP contribution in [0.1, 0.15) is 49.0 Å². The second-order valence-corrected chi connectivity index (χ2v) is 6.92. The third kappa shape index (κ3) is 3.34. The van der Waals surface area contributed by atoms with Crippen LogP contribution < -0.4 is 0 Å². The van der Waals surface area contributed by atoms with E-state index in [1.54, 1.807) is 6.26 Å². The Kier molecular flexibility index (Phi) is 4.56. The van der Waals surface area contributed by atoms with Gasteiger partial charge in [0.2, 0.25) is 5.91 Å². The summed E-state index contributed by atoms with van der Waals surface area (Å²) in [5.74, 6) is 1.80. The predicted octanol–water partition coefficient (Wildman–Crippen LogP) is 4.34. The van der Waals surface area contributed by atoms with Gasteiger partial charge in [0, 0.05) is 19.0 Å². The van der Waals surface area contributed by atoms with Crippen LogP contribution >= 0.6 is 0 Å². The Bertz CT molecular complexity index is 643. The zero-order valence-corrected chi connectivity index (χ0v) is 14.2. The molecule has 1 aliphatic rings. The van der Waals surface area contributed by atoms with Gasteiger partial charge in [-0.15, -0.1) is 0 Å². The fraction of sp³-hybridized carbons (Fsp3) is 0.450. The largest absolute Gasteiger partial charge is 0.469 e. The lowest BCUT2D eigenvalue weighted by atomic mass is 9.87. The summed E-state index contributed by atoms with van der Waals surface area (Å²) in [6.45, 7) is 7.91. The summed E-state index contributed by atoms with van der Waals surface area (Å²) in [5.41, 5.74) is 2.35. The number of carbonyl (C=O) groups is 1. The summed E-state index contributed by atoms with van der Waals surface area (Å²) in [4.78, 5) is 15.1. The van der Waals surface area contributed by atoms with Crippen molar-refractivity contribution >= 4 is 5.91 Å². The van der Waals surface area contributed by atoms with Crippen LogP contribution in [0.4, 0.5) is 0 Å². The molecule has 2 heterocycles. The van der Waals surface area contributed by atoms with Crippen molar-refractivity contribution in [3.63, 3.8) is 0 Å². The fourth-order valence-electron chi connectivity index (χ4n) is 3.50. The molecular weight excluding hydrogens is 286 g/mol. The second-order valence-electron chi connectivity index (χ2n) is 6.92. The fourth-order valence-corrected chi connectivity index (χ4v) is 3.50. The first-order valence-electron chi connectivity index (χ1n) is 8.45. The number of likely N-dealkylation sites (tertiary alicyclic amines) is 1. The molecule has 1 amide bonds. The molecule has 0 radical (unpaired) electrons. The lowest BCUT2D eigenvalue weighted by Crippen LogP contribution is -2.35. The number of carbonyl (C=O) groups excluding carboxylic acids is 1. The number of furan rings is 1. The average molecular weight is 311 g/mol. The summed E-state index contributed by atoms with van der Waals surface area (Å²) in [7, 11) is 0. The van der Waals surface area contributed by atoms with Gasteiger partial charge in [-0.25, -0.2) is 0 Å². The second kappa shape index (κ2) is 6.61. The van der Waals surface area contributed by atoms with Crippen LogP contribution in [0, 0.1) is 12.8 Å². The molecule has 3 nitrogen and oxygen atoms in total. The van der Waals surface area contributed by atoms with Crippen molar-refractivity contribution < 1.29 is 9.21 Å². The van der Waals surface area contributed by atoms with E-state index >= 15 is 0 Å². The Hall–Kier alpha value is -2.03. The zero-order chi connectivity index (χ0) is 16.4. The third-order valence-corrected chi connectivity index (χ3v) is 4.81. The van der Waals surface area contributed by atoms with Gasteiger partial charge < -0.3 is 9.32 Å². The summed E-state index contributed by atoms with van der Waals surface area (Å²) in [6, 6.07) is 12.3. The van der Waals surface area contributed by atoms with Crippen molar-refractivity contribution in [3.8, 4) is 0 Å². The van der Waals surface area contributed by atoms with Crippen molar-refractivity contribution in [1.82, 2.24) is 4.90 Å². The van der Waals surface area contributed by atoms with E-state index < -0.39 is 0 Å². The molecule has 23 heavy (non-hydrogen) atoms. The number of hydrogen-bond acceptors (Lipinski definition) is 2. The topological polar surface area (TPSA) is 33.5 Å². The van der Waals surface area contributed by atoms with Gasteiger partial charge in [-0.1, -0.05) is 43.7 Å².